The monoisotopic (exact) mass is 361 g/mol. The van der Waals surface area contributed by atoms with Gasteiger partial charge in [0.05, 0.1) is 30.6 Å². The third kappa shape index (κ3) is 4.56. The van der Waals surface area contributed by atoms with Gasteiger partial charge >= 0.3 is 0 Å². The van der Waals surface area contributed by atoms with Crippen molar-refractivity contribution in [1.82, 2.24) is 9.88 Å². The summed E-state index contributed by atoms with van der Waals surface area (Å²) >= 11 is 1.43. The number of morpholine rings is 1. The van der Waals surface area contributed by atoms with E-state index in [-0.39, 0.29) is 18.1 Å². The van der Waals surface area contributed by atoms with Crippen molar-refractivity contribution in [3.63, 3.8) is 0 Å². The number of hydrogen-bond acceptors (Lipinski definition) is 6. The normalized spacial score (nSPS) is 21.1. The summed E-state index contributed by atoms with van der Waals surface area (Å²) in [5, 5.41) is 5.44. The van der Waals surface area contributed by atoms with Crippen LogP contribution in [-0.4, -0.2) is 48.2 Å². The molecule has 2 heterocycles. The molecule has 6 nitrogen and oxygen atoms in total. The summed E-state index contributed by atoms with van der Waals surface area (Å²) in [5.74, 6) is 0.333. The van der Waals surface area contributed by atoms with E-state index in [0.29, 0.717) is 16.4 Å². The fourth-order valence-corrected chi connectivity index (χ4v) is 3.77. The van der Waals surface area contributed by atoms with Crippen LogP contribution >= 0.6 is 11.3 Å². The van der Waals surface area contributed by atoms with Crippen LogP contribution in [0.4, 0.5) is 5.13 Å². The van der Waals surface area contributed by atoms with Crippen molar-refractivity contribution in [2.45, 2.75) is 32.6 Å². The zero-order valence-electron chi connectivity index (χ0n) is 14.7. The Kier molecular flexibility index (Phi) is 5.67. The average Bonchev–Trinajstić information content (AvgIpc) is 3.00. The summed E-state index contributed by atoms with van der Waals surface area (Å²) in [6.07, 6.45) is 0.458. The van der Waals surface area contributed by atoms with Gasteiger partial charge in [-0.3, -0.25) is 15.0 Å². The van der Waals surface area contributed by atoms with Crippen LogP contribution in [0.1, 0.15) is 29.9 Å². The average molecular weight is 361 g/mol. The molecular weight excluding hydrogens is 338 g/mol. The Morgan fingerprint density at radius 2 is 2.08 bits per heavy atom. The van der Waals surface area contributed by atoms with Gasteiger partial charge in [-0.05, 0) is 26.0 Å². The molecular formula is C18H23N3O3S. The number of hydrogen-bond donors (Lipinski definition) is 1. The van der Waals surface area contributed by atoms with Crippen molar-refractivity contribution in [3.05, 3.63) is 40.9 Å². The minimum Gasteiger partial charge on any atom is -0.496 e. The van der Waals surface area contributed by atoms with Crippen LogP contribution in [0.2, 0.25) is 0 Å². The van der Waals surface area contributed by atoms with E-state index in [1.165, 1.54) is 11.3 Å². The predicted molar refractivity (Wildman–Crippen MR) is 98.3 cm³/mol. The van der Waals surface area contributed by atoms with Crippen LogP contribution in [-0.2, 0) is 11.3 Å². The number of methoxy groups -OCH3 is 1. The summed E-state index contributed by atoms with van der Waals surface area (Å²) in [4.78, 5) is 19.3. The third-order valence-corrected chi connectivity index (χ3v) is 4.81. The molecule has 1 aliphatic heterocycles. The third-order valence-electron chi connectivity index (χ3n) is 4.00. The van der Waals surface area contributed by atoms with Crippen molar-refractivity contribution >= 4 is 22.4 Å². The Labute approximate surface area is 151 Å². The summed E-state index contributed by atoms with van der Waals surface area (Å²) in [6, 6.07) is 7.15. The Morgan fingerprint density at radius 3 is 2.80 bits per heavy atom. The molecule has 0 saturated carbocycles. The molecule has 3 rings (SSSR count). The number of para-hydroxylation sites is 1. The van der Waals surface area contributed by atoms with Gasteiger partial charge in [-0.2, -0.15) is 0 Å². The molecule has 1 aromatic carbocycles. The molecule has 2 atom stereocenters. The molecule has 1 aromatic heterocycles. The van der Waals surface area contributed by atoms with Gasteiger partial charge in [0.25, 0.3) is 5.91 Å². The van der Waals surface area contributed by atoms with Crippen LogP contribution in [0.25, 0.3) is 0 Å². The second kappa shape index (κ2) is 7.95. The highest BCUT2D eigenvalue weighted by Crippen LogP contribution is 2.22. The number of anilines is 1. The highest BCUT2D eigenvalue weighted by atomic mass is 32.1. The van der Waals surface area contributed by atoms with Crippen molar-refractivity contribution < 1.29 is 14.3 Å². The van der Waals surface area contributed by atoms with Gasteiger partial charge in [0.2, 0.25) is 0 Å². The molecule has 0 unspecified atom stereocenters. The van der Waals surface area contributed by atoms with Crippen molar-refractivity contribution in [3.8, 4) is 5.75 Å². The maximum atomic E-state index is 12.4. The molecule has 2 aromatic rings. The predicted octanol–water partition coefficient (Wildman–Crippen LogP) is 3.01. The quantitative estimate of drug-likeness (QED) is 0.887. The number of ether oxygens (including phenoxy) is 2. The van der Waals surface area contributed by atoms with Gasteiger partial charge in [-0.15, -0.1) is 11.3 Å². The molecule has 1 N–H and O–H groups in total. The Balaban J connectivity index is 1.62. The van der Waals surface area contributed by atoms with Crippen molar-refractivity contribution in [1.29, 1.82) is 0 Å². The number of carbonyl (C=O) groups excluding carboxylic acids is 1. The van der Waals surface area contributed by atoms with Crippen LogP contribution < -0.4 is 10.1 Å². The maximum absolute atomic E-state index is 12.4. The lowest BCUT2D eigenvalue weighted by atomic mass is 10.2. The lowest BCUT2D eigenvalue weighted by molar-refractivity contribution is -0.0707. The Hall–Kier alpha value is -1.96. The number of benzene rings is 1. The number of carbonyl (C=O) groups is 1. The lowest BCUT2D eigenvalue weighted by Crippen LogP contribution is -2.44. The summed E-state index contributed by atoms with van der Waals surface area (Å²) < 4.78 is 11.0. The second-order valence-electron chi connectivity index (χ2n) is 6.25. The summed E-state index contributed by atoms with van der Waals surface area (Å²) in [5.41, 5.74) is 1.46. The zero-order valence-corrected chi connectivity index (χ0v) is 15.5. The van der Waals surface area contributed by atoms with Crippen molar-refractivity contribution in [2.75, 3.05) is 25.5 Å². The summed E-state index contributed by atoms with van der Waals surface area (Å²) in [6.45, 7) is 6.72. The minimum absolute atomic E-state index is 0.216. The molecule has 1 aliphatic rings. The molecule has 0 spiro atoms. The standard InChI is InChI=1S/C18H23N3O3S/c1-12-8-21(9-13(2)24-12)10-14-11-25-18(19-14)20-17(22)15-6-4-5-7-16(15)23-3/h4-7,11-13H,8-10H2,1-3H3,(H,19,20,22)/t12-,13-/m1/s1. The second-order valence-corrected chi connectivity index (χ2v) is 7.11. The Bertz CT molecular complexity index is 724. The molecule has 25 heavy (non-hydrogen) atoms. The van der Waals surface area contributed by atoms with E-state index in [0.717, 1.165) is 25.3 Å². The largest absolute Gasteiger partial charge is 0.496 e. The van der Waals surface area contributed by atoms with E-state index in [1.54, 1.807) is 19.2 Å². The van der Waals surface area contributed by atoms with Gasteiger partial charge in [0.1, 0.15) is 5.75 Å². The molecule has 0 radical (unpaired) electrons. The first-order valence-electron chi connectivity index (χ1n) is 8.31. The van der Waals surface area contributed by atoms with E-state index in [2.05, 4.69) is 29.0 Å². The van der Waals surface area contributed by atoms with E-state index >= 15 is 0 Å². The fourth-order valence-electron chi connectivity index (χ4n) is 3.08. The Morgan fingerprint density at radius 1 is 1.36 bits per heavy atom. The molecule has 1 saturated heterocycles. The fraction of sp³-hybridized carbons (Fsp3) is 0.444. The van der Waals surface area contributed by atoms with E-state index in [4.69, 9.17) is 9.47 Å². The number of nitrogens with one attached hydrogen (secondary N) is 1. The molecule has 134 valence electrons. The molecule has 7 heteroatoms. The summed E-state index contributed by atoms with van der Waals surface area (Å²) in [7, 11) is 1.55. The first kappa shape index (κ1) is 17.8. The zero-order chi connectivity index (χ0) is 17.8. The molecule has 1 fully saturated rings. The number of aromatic nitrogens is 1. The van der Waals surface area contributed by atoms with Crippen LogP contribution in [0.15, 0.2) is 29.6 Å². The number of thiazole rings is 1. The number of amides is 1. The topological polar surface area (TPSA) is 63.7 Å². The maximum Gasteiger partial charge on any atom is 0.261 e. The van der Waals surface area contributed by atoms with Crippen LogP contribution in [0.3, 0.4) is 0 Å². The van der Waals surface area contributed by atoms with E-state index in [1.807, 2.05) is 17.5 Å². The van der Waals surface area contributed by atoms with E-state index < -0.39 is 0 Å². The molecule has 0 bridgehead atoms. The highest BCUT2D eigenvalue weighted by molar-refractivity contribution is 7.14. The molecule has 1 amide bonds. The SMILES string of the molecule is COc1ccccc1C(=O)Nc1nc(CN2C[C@@H](C)O[C@H](C)C2)cs1. The van der Waals surface area contributed by atoms with Gasteiger partial charge in [-0.25, -0.2) is 4.98 Å². The number of rotatable bonds is 5. The van der Waals surface area contributed by atoms with Gasteiger partial charge in [0, 0.05) is 25.0 Å². The van der Waals surface area contributed by atoms with Crippen LogP contribution in [0.5, 0.6) is 5.75 Å². The minimum atomic E-state index is -0.216. The lowest BCUT2D eigenvalue weighted by Gasteiger charge is -2.34. The van der Waals surface area contributed by atoms with Gasteiger partial charge < -0.3 is 9.47 Å². The smallest absolute Gasteiger partial charge is 0.261 e. The first-order valence-corrected chi connectivity index (χ1v) is 9.19. The molecule has 0 aliphatic carbocycles. The first-order chi connectivity index (χ1) is 12.0. The van der Waals surface area contributed by atoms with Crippen LogP contribution in [0, 0.1) is 0 Å². The van der Waals surface area contributed by atoms with Gasteiger partial charge in [0.15, 0.2) is 5.13 Å². The highest BCUT2D eigenvalue weighted by Gasteiger charge is 2.23. The van der Waals surface area contributed by atoms with Crippen molar-refractivity contribution in [2.24, 2.45) is 0 Å². The number of nitrogens with zero attached hydrogens (tertiary/aromatic N) is 2. The van der Waals surface area contributed by atoms with E-state index in [9.17, 15) is 4.79 Å². The van der Waals surface area contributed by atoms with Gasteiger partial charge in [-0.1, -0.05) is 12.1 Å².